The monoisotopic (exact) mass is 377 g/mol. The molecule has 5 rings (SSSR count). The first-order valence-electron chi connectivity index (χ1n) is 10.3. The third kappa shape index (κ3) is 3.39. The normalized spacial score (nSPS) is 18.0. The number of fused-ring (bicyclic) bond motifs is 1. The predicted octanol–water partition coefficient (Wildman–Crippen LogP) is 3.11. The summed E-state index contributed by atoms with van der Waals surface area (Å²) >= 11 is 0. The van der Waals surface area contributed by atoms with Crippen molar-refractivity contribution in [3.05, 3.63) is 47.8 Å². The highest BCUT2D eigenvalue weighted by Gasteiger charge is 2.27. The summed E-state index contributed by atoms with van der Waals surface area (Å²) in [6, 6.07) is 10.7. The molecule has 3 heterocycles. The molecular weight excluding hydrogens is 350 g/mol. The van der Waals surface area contributed by atoms with Gasteiger partial charge in [-0.1, -0.05) is 18.2 Å². The van der Waals surface area contributed by atoms with E-state index in [-0.39, 0.29) is 11.9 Å². The molecular formula is C22H27N5O. The van der Waals surface area contributed by atoms with Gasteiger partial charge in [-0.3, -0.25) is 9.89 Å². The lowest BCUT2D eigenvalue weighted by Gasteiger charge is -2.32. The number of nitrogens with zero attached hydrogens (tertiary/aromatic N) is 3. The maximum Gasteiger partial charge on any atom is 0.224 e. The molecule has 1 saturated carbocycles. The number of hydrogen-bond acceptors (Lipinski definition) is 3. The largest absolute Gasteiger partial charge is 0.355 e. The summed E-state index contributed by atoms with van der Waals surface area (Å²) in [6.07, 6.45) is 7.01. The number of aryl methyl sites for hydroxylation is 1. The van der Waals surface area contributed by atoms with Crippen molar-refractivity contribution in [3.8, 4) is 0 Å². The van der Waals surface area contributed by atoms with Crippen LogP contribution in [0.4, 0.5) is 5.82 Å². The Balaban J connectivity index is 1.16. The maximum atomic E-state index is 12.6. The van der Waals surface area contributed by atoms with E-state index in [1.54, 1.807) is 0 Å². The van der Waals surface area contributed by atoms with Gasteiger partial charge in [0.2, 0.25) is 5.91 Å². The van der Waals surface area contributed by atoms with Crippen LogP contribution in [0, 0.1) is 0 Å². The number of amides is 1. The third-order valence-corrected chi connectivity index (χ3v) is 6.12. The molecule has 146 valence electrons. The van der Waals surface area contributed by atoms with Crippen LogP contribution >= 0.6 is 0 Å². The van der Waals surface area contributed by atoms with Gasteiger partial charge in [-0.15, -0.1) is 0 Å². The van der Waals surface area contributed by atoms with E-state index in [1.807, 2.05) is 19.2 Å². The molecule has 6 heteroatoms. The zero-order valence-corrected chi connectivity index (χ0v) is 16.3. The van der Waals surface area contributed by atoms with Crippen molar-refractivity contribution >= 4 is 22.6 Å². The van der Waals surface area contributed by atoms with Crippen molar-refractivity contribution < 1.29 is 4.79 Å². The second-order valence-corrected chi connectivity index (χ2v) is 8.24. The van der Waals surface area contributed by atoms with E-state index in [2.05, 4.69) is 49.4 Å². The number of carbonyl (C=O) groups excluding carboxylic acids is 1. The molecule has 1 saturated heterocycles. The number of aromatic amines is 1. The van der Waals surface area contributed by atoms with Gasteiger partial charge in [0.25, 0.3) is 0 Å². The molecule has 0 atom stereocenters. The highest BCUT2D eigenvalue weighted by molar-refractivity contribution is 5.89. The number of nitrogens with one attached hydrogen (secondary N) is 2. The Kier molecular flexibility index (Phi) is 4.34. The van der Waals surface area contributed by atoms with Crippen LogP contribution in [0.5, 0.6) is 0 Å². The lowest BCUT2D eigenvalue weighted by molar-refractivity contribution is -0.121. The van der Waals surface area contributed by atoms with Crippen LogP contribution in [0.15, 0.2) is 36.5 Å². The molecule has 2 N–H and O–H groups in total. The van der Waals surface area contributed by atoms with Crippen molar-refractivity contribution in [1.82, 2.24) is 20.1 Å². The van der Waals surface area contributed by atoms with Crippen LogP contribution in [0.25, 0.3) is 10.9 Å². The summed E-state index contributed by atoms with van der Waals surface area (Å²) in [4.78, 5) is 14.9. The molecule has 1 aliphatic carbocycles. The Morgan fingerprint density at radius 2 is 2.00 bits per heavy atom. The molecule has 0 unspecified atom stereocenters. The van der Waals surface area contributed by atoms with E-state index >= 15 is 0 Å². The molecule has 2 aromatic heterocycles. The molecule has 0 spiro atoms. The van der Waals surface area contributed by atoms with E-state index in [1.165, 1.54) is 29.4 Å². The first-order chi connectivity index (χ1) is 13.7. The fraction of sp³-hybridized carbons (Fsp3) is 0.455. The van der Waals surface area contributed by atoms with Gasteiger partial charge >= 0.3 is 0 Å². The number of piperidine rings is 1. The number of aromatic nitrogens is 3. The number of hydrogen-bond donors (Lipinski definition) is 2. The van der Waals surface area contributed by atoms with Gasteiger partial charge in [0.15, 0.2) is 5.82 Å². The van der Waals surface area contributed by atoms with Crippen LogP contribution in [-0.4, -0.2) is 39.8 Å². The minimum Gasteiger partial charge on any atom is -0.355 e. The zero-order chi connectivity index (χ0) is 19.1. The number of anilines is 1. The van der Waals surface area contributed by atoms with Gasteiger partial charge in [-0.2, -0.15) is 5.10 Å². The Hall–Kier alpha value is -2.76. The van der Waals surface area contributed by atoms with Gasteiger partial charge in [-0.05, 0) is 37.3 Å². The minimum absolute atomic E-state index is 0.116. The maximum absolute atomic E-state index is 12.6. The van der Waals surface area contributed by atoms with Crippen molar-refractivity contribution in [3.63, 3.8) is 0 Å². The quantitative estimate of drug-likeness (QED) is 0.718. The van der Waals surface area contributed by atoms with Gasteiger partial charge in [0, 0.05) is 61.0 Å². The molecule has 0 bridgehead atoms. The summed E-state index contributed by atoms with van der Waals surface area (Å²) in [5.74, 6) is 1.88. The Bertz CT molecular complexity index is 991. The Morgan fingerprint density at radius 1 is 1.21 bits per heavy atom. The average Bonchev–Trinajstić information content (AvgIpc) is 3.36. The number of rotatable bonds is 5. The van der Waals surface area contributed by atoms with Crippen LogP contribution in [0.3, 0.4) is 0 Å². The zero-order valence-electron chi connectivity index (χ0n) is 16.3. The number of H-pyrrole nitrogens is 1. The first-order valence-corrected chi connectivity index (χ1v) is 10.3. The SMILES string of the molecule is Cn1cc(CC(=O)NC2CCN(c3cc(C4CC4)[nH]n3)CC2)c2ccccc21. The molecule has 1 aliphatic heterocycles. The third-order valence-electron chi connectivity index (χ3n) is 6.12. The predicted molar refractivity (Wildman–Crippen MR) is 111 cm³/mol. The topological polar surface area (TPSA) is 66.0 Å². The van der Waals surface area contributed by atoms with E-state index in [0.29, 0.717) is 12.3 Å². The summed E-state index contributed by atoms with van der Waals surface area (Å²) < 4.78 is 2.09. The van der Waals surface area contributed by atoms with Gasteiger partial charge < -0.3 is 14.8 Å². The molecule has 1 aromatic carbocycles. The number of para-hydroxylation sites is 1. The van der Waals surface area contributed by atoms with Crippen molar-refractivity contribution in [2.24, 2.45) is 7.05 Å². The van der Waals surface area contributed by atoms with E-state index in [4.69, 9.17) is 0 Å². The fourth-order valence-electron chi connectivity index (χ4n) is 4.36. The molecule has 1 amide bonds. The van der Waals surface area contributed by atoms with Crippen LogP contribution < -0.4 is 10.2 Å². The first kappa shape index (κ1) is 17.3. The Labute approximate surface area is 164 Å². The van der Waals surface area contributed by atoms with E-state index in [0.717, 1.165) is 37.3 Å². The average molecular weight is 377 g/mol. The van der Waals surface area contributed by atoms with Crippen molar-refractivity contribution in [1.29, 1.82) is 0 Å². The van der Waals surface area contributed by atoms with Crippen LogP contribution in [0.2, 0.25) is 0 Å². The number of carbonyl (C=O) groups is 1. The lowest BCUT2D eigenvalue weighted by atomic mass is 10.0. The second kappa shape index (κ2) is 7.00. The highest BCUT2D eigenvalue weighted by atomic mass is 16.1. The number of benzene rings is 1. The minimum atomic E-state index is 0.116. The molecule has 2 fully saturated rings. The van der Waals surface area contributed by atoms with Crippen LogP contribution in [0.1, 0.15) is 42.9 Å². The smallest absolute Gasteiger partial charge is 0.224 e. The Morgan fingerprint density at radius 3 is 2.79 bits per heavy atom. The molecule has 2 aliphatic rings. The molecule has 0 radical (unpaired) electrons. The van der Waals surface area contributed by atoms with Crippen molar-refractivity contribution in [2.45, 2.75) is 44.1 Å². The highest BCUT2D eigenvalue weighted by Crippen LogP contribution is 2.40. The van der Waals surface area contributed by atoms with Crippen LogP contribution in [-0.2, 0) is 18.3 Å². The lowest BCUT2D eigenvalue weighted by Crippen LogP contribution is -2.45. The molecule has 3 aromatic rings. The second-order valence-electron chi connectivity index (χ2n) is 8.24. The summed E-state index contributed by atoms with van der Waals surface area (Å²) in [5, 5.41) is 12.1. The molecule has 6 nitrogen and oxygen atoms in total. The molecule has 28 heavy (non-hydrogen) atoms. The fourth-order valence-corrected chi connectivity index (χ4v) is 4.36. The van der Waals surface area contributed by atoms with Gasteiger partial charge in [-0.25, -0.2) is 0 Å². The summed E-state index contributed by atoms with van der Waals surface area (Å²) in [7, 11) is 2.03. The van der Waals surface area contributed by atoms with Gasteiger partial charge in [0.1, 0.15) is 0 Å². The van der Waals surface area contributed by atoms with Gasteiger partial charge in [0.05, 0.1) is 6.42 Å². The van der Waals surface area contributed by atoms with E-state index in [9.17, 15) is 4.79 Å². The van der Waals surface area contributed by atoms with E-state index < -0.39 is 0 Å². The summed E-state index contributed by atoms with van der Waals surface area (Å²) in [5.41, 5.74) is 3.54. The van der Waals surface area contributed by atoms with Crippen molar-refractivity contribution in [2.75, 3.05) is 18.0 Å². The summed E-state index contributed by atoms with van der Waals surface area (Å²) in [6.45, 7) is 1.88. The standard InChI is InChI=1S/C22H27N5O/c1-26-14-16(18-4-2-3-5-20(18)26)12-22(28)23-17-8-10-27(11-9-17)21-13-19(24-25-21)15-6-7-15/h2-5,13-15,17H,6-12H2,1H3,(H,23,28)(H,24,25).